The Morgan fingerprint density at radius 2 is 2.20 bits per heavy atom. The number of hydrogen-bond acceptors (Lipinski definition) is 3. The van der Waals surface area contributed by atoms with Gasteiger partial charge in [-0.1, -0.05) is 6.07 Å². The van der Waals surface area contributed by atoms with Gasteiger partial charge in [-0.2, -0.15) is 0 Å². The van der Waals surface area contributed by atoms with E-state index in [1.54, 1.807) is 6.33 Å². The Kier molecular flexibility index (Phi) is 2.35. The smallest absolute Gasteiger partial charge is 0.254 e. The van der Waals surface area contributed by atoms with Crippen LogP contribution >= 0.6 is 0 Å². The summed E-state index contributed by atoms with van der Waals surface area (Å²) >= 11 is 0. The number of hydrogen-bond donors (Lipinski definition) is 1. The highest BCUT2D eigenvalue weighted by atomic mass is 16.2. The number of H-pyrrole nitrogens is 1. The third-order valence-electron chi connectivity index (χ3n) is 3.73. The third-order valence-corrected chi connectivity index (χ3v) is 3.73. The molecular weight excluding hydrogens is 254 g/mol. The van der Waals surface area contributed by atoms with Crippen LogP contribution in [0.4, 0.5) is 0 Å². The molecular formula is C14H13N5O. The van der Waals surface area contributed by atoms with Gasteiger partial charge in [0.15, 0.2) is 5.82 Å². The Balaban J connectivity index is 1.64. The predicted molar refractivity (Wildman–Crippen MR) is 73.1 cm³/mol. The van der Waals surface area contributed by atoms with Crippen molar-refractivity contribution in [1.29, 1.82) is 0 Å². The maximum Gasteiger partial charge on any atom is 0.254 e. The van der Waals surface area contributed by atoms with Gasteiger partial charge in [-0.3, -0.25) is 4.79 Å². The molecule has 1 aromatic carbocycles. The number of nitrogens with one attached hydrogen (secondary N) is 1. The van der Waals surface area contributed by atoms with Gasteiger partial charge in [0.2, 0.25) is 0 Å². The largest absolute Gasteiger partial charge is 0.361 e. The second-order valence-corrected chi connectivity index (χ2v) is 4.95. The van der Waals surface area contributed by atoms with Crippen molar-refractivity contribution in [3.05, 3.63) is 48.2 Å². The van der Waals surface area contributed by atoms with Crippen molar-refractivity contribution in [1.82, 2.24) is 24.6 Å². The topological polar surface area (TPSA) is 66.8 Å². The Morgan fingerprint density at radius 3 is 3.15 bits per heavy atom. The number of rotatable bonds is 1. The van der Waals surface area contributed by atoms with Crippen LogP contribution in [-0.2, 0) is 13.1 Å². The first-order chi connectivity index (χ1) is 9.81. The van der Waals surface area contributed by atoms with Crippen molar-refractivity contribution < 1.29 is 4.79 Å². The zero-order valence-electron chi connectivity index (χ0n) is 10.8. The number of benzene rings is 1. The molecule has 4 rings (SSSR count). The fourth-order valence-corrected chi connectivity index (χ4v) is 2.60. The molecule has 6 heteroatoms. The minimum absolute atomic E-state index is 0.0377. The summed E-state index contributed by atoms with van der Waals surface area (Å²) in [6.07, 6.45) is 3.59. The molecule has 1 amide bonds. The summed E-state index contributed by atoms with van der Waals surface area (Å²) in [5.41, 5.74) is 1.68. The second-order valence-electron chi connectivity index (χ2n) is 4.95. The van der Waals surface area contributed by atoms with Crippen LogP contribution in [0.3, 0.4) is 0 Å². The van der Waals surface area contributed by atoms with Gasteiger partial charge in [0.25, 0.3) is 5.91 Å². The van der Waals surface area contributed by atoms with Gasteiger partial charge >= 0.3 is 0 Å². The van der Waals surface area contributed by atoms with Crippen molar-refractivity contribution in [2.24, 2.45) is 0 Å². The highest BCUT2D eigenvalue weighted by Gasteiger charge is 2.22. The average molecular weight is 267 g/mol. The molecule has 0 radical (unpaired) electrons. The molecule has 20 heavy (non-hydrogen) atoms. The van der Waals surface area contributed by atoms with Crippen LogP contribution in [-0.4, -0.2) is 37.1 Å². The molecule has 3 heterocycles. The minimum atomic E-state index is 0.0377. The lowest BCUT2D eigenvalue weighted by Gasteiger charge is -2.27. The van der Waals surface area contributed by atoms with Gasteiger partial charge < -0.3 is 14.5 Å². The van der Waals surface area contributed by atoms with Gasteiger partial charge in [0.05, 0.1) is 6.54 Å². The van der Waals surface area contributed by atoms with Gasteiger partial charge in [-0.05, 0) is 23.6 Å². The van der Waals surface area contributed by atoms with E-state index in [2.05, 4.69) is 15.2 Å². The average Bonchev–Trinajstić information content (AvgIpc) is 3.13. The molecule has 1 N–H and O–H groups in total. The second kappa shape index (κ2) is 4.19. The maximum atomic E-state index is 12.6. The lowest BCUT2D eigenvalue weighted by atomic mass is 10.1. The van der Waals surface area contributed by atoms with E-state index in [-0.39, 0.29) is 5.91 Å². The lowest BCUT2D eigenvalue weighted by molar-refractivity contribution is 0.0707. The molecule has 0 aliphatic carbocycles. The van der Waals surface area contributed by atoms with Crippen LogP contribution in [0.2, 0.25) is 0 Å². The highest BCUT2D eigenvalue weighted by Crippen LogP contribution is 2.18. The molecule has 6 nitrogen and oxygen atoms in total. The first-order valence-corrected chi connectivity index (χ1v) is 6.54. The molecule has 0 unspecified atom stereocenters. The first kappa shape index (κ1) is 11.2. The lowest BCUT2D eigenvalue weighted by Crippen LogP contribution is -2.38. The number of aromatic amines is 1. The highest BCUT2D eigenvalue weighted by molar-refractivity contribution is 5.97. The van der Waals surface area contributed by atoms with Gasteiger partial charge in [0.1, 0.15) is 6.33 Å². The SMILES string of the molecule is O=C(c1ccc2cc[nH]c2c1)N1CCn2cnnc2C1. The zero-order valence-corrected chi connectivity index (χ0v) is 10.8. The van der Waals surface area contributed by atoms with Crippen LogP contribution in [0.1, 0.15) is 16.2 Å². The van der Waals surface area contributed by atoms with Crippen LogP contribution in [0.15, 0.2) is 36.8 Å². The number of nitrogens with zero attached hydrogens (tertiary/aromatic N) is 4. The van der Waals surface area contributed by atoms with Crippen LogP contribution < -0.4 is 0 Å². The molecule has 0 saturated heterocycles. The Hall–Kier alpha value is -2.63. The normalized spacial score (nSPS) is 14.5. The molecule has 0 saturated carbocycles. The summed E-state index contributed by atoms with van der Waals surface area (Å²) in [5.74, 6) is 0.876. The van der Waals surface area contributed by atoms with E-state index in [4.69, 9.17) is 0 Å². The molecule has 0 atom stereocenters. The summed E-state index contributed by atoms with van der Waals surface area (Å²) in [6.45, 7) is 1.95. The van der Waals surface area contributed by atoms with E-state index in [1.165, 1.54) is 0 Å². The first-order valence-electron chi connectivity index (χ1n) is 6.54. The van der Waals surface area contributed by atoms with E-state index in [0.29, 0.717) is 18.7 Å². The standard InChI is InChI=1S/C14H13N5O/c20-14(11-2-1-10-3-4-15-12(10)7-11)18-5-6-19-9-16-17-13(19)8-18/h1-4,7,9,15H,5-6,8H2. The summed E-state index contributed by atoms with van der Waals surface area (Å²) < 4.78 is 1.98. The number of fused-ring (bicyclic) bond motifs is 2. The molecule has 0 fully saturated rings. The molecule has 0 spiro atoms. The summed E-state index contributed by atoms with van der Waals surface area (Å²) in [5, 5.41) is 9.02. The summed E-state index contributed by atoms with van der Waals surface area (Å²) in [4.78, 5) is 17.5. The minimum Gasteiger partial charge on any atom is -0.361 e. The zero-order chi connectivity index (χ0) is 13.5. The van der Waals surface area contributed by atoms with Crippen molar-refractivity contribution in [2.45, 2.75) is 13.1 Å². The number of amides is 1. The van der Waals surface area contributed by atoms with E-state index >= 15 is 0 Å². The van der Waals surface area contributed by atoms with Crippen LogP contribution in [0.5, 0.6) is 0 Å². The Bertz CT molecular complexity index is 788. The monoisotopic (exact) mass is 267 g/mol. The van der Waals surface area contributed by atoms with E-state index in [0.717, 1.165) is 23.3 Å². The van der Waals surface area contributed by atoms with Crippen LogP contribution in [0.25, 0.3) is 10.9 Å². The van der Waals surface area contributed by atoms with Crippen molar-refractivity contribution >= 4 is 16.8 Å². The van der Waals surface area contributed by atoms with Crippen molar-refractivity contribution in [2.75, 3.05) is 6.54 Å². The molecule has 3 aromatic rings. The fourth-order valence-electron chi connectivity index (χ4n) is 2.60. The quantitative estimate of drug-likeness (QED) is 0.725. The molecule has 100 valence electrons. The number of carbonyl (C=O) groups excluding carboxylic acids is 1. The van der Waals surface area contributed by atoms with Gasteiger partial charge in [-0.25, -0.2) is 0 Å². The fraction of sp³-hybridized carbons (Fsp3) is 0.214. The summed E-state index contributed by atoms with van der Waals surface area (Å²) in [7, 11) is 0. The van der Waals surface area contributed by atoms with Crippen LogP contribution in [0, 0.1) is 0 Å². The Labute approximate surface area is 115 Å². The van der Waals surface area contributed by atoms with E-state index in [9.17, 15) is 4.79 Å². The molecule has 1 aliphatic rings. The predicted octanol–water partition coefficient (Wildman–Crippen LogP) is 1.42. The van der Waals surface area contributed by atoms with E-state index < -0.39 is 0 Å². The van der Waals surface area contributed by atoms with Crippen molar-refractivity contribution in [3.63, 3.8) is 0 Å². The van der Waals surface area contributed by atoms with Crippen molar-refractivity contribution in [3.8, 4) is 0 Å². The number of carbonyl (C=O) groups is 1. The maximum absolute atomic E-state index is 12.6. The number of aromatic nitrogens is 4. The Morgan fingerprint density at radius 1 is 1.25 bits per heavy atom. The van der Waals surface area contributed by atoms with Gasteiger partial charge in [-0.15, -0.1) is 10.2 Å². The molecule has 0 bridgehead atoms. The van der Waals surface area contributed by atoms with Gasteiger partial charge in [0, 0.05) is 30.4 Å². The molecule has 1 aliphatic heterocycles. The summed E-state index contributed by atoms with van der Waals surface area (Å²) in [6, 6.07) is 7.73. The molecule has 2 aromatic heterocycles. The third kappa shape index (κ3) is 1.69. The van der Waals surface area contributed by atoms with E-state index in [1.807, 2.05) is 39.9 Å².